The summed E-state index contributed by atoms with van der Waals surface area (Å²) in [7, 11) is 0. The largest absolute Gasteiger partial charge is 0.454 e. The van der Waals surface area contributed by atoms with Crippen molar-refractivity contribution in [2.24, 2.45) is 5.92 Å². The van der Waals surface area contributed by atoms with Crippen molar-refractivity contribution < 1.29 is 19.1 Å². The molecule has 0 aliphatic heterocycles. The molecule has 0 saturated carbocycles. The molecule has 0 fully saturated rings. The second-order valence-corrected chi connectivity index (χ2v) is 8.21. The lowest BCUT2D eigenvalue weighted by Crippen LogP contribution is -2.45. The Balaban J connectivity index is 1.87. The minimum atomic E-state index is -0.827. The van der Waals surface area contributed by atoms with E-state index >= 15 is 0 Å². The number of amides is 2. The quantitative estimate of drug-likeness (QED) is 0.600. The Morgan fingerprint density at radius 3 is 2.31 bits per heavy atom. The van der Waals surface area contributed by atoms with Gasteiger partial charge in [-0.15, -0.1) is 11.3 Å². The van der Waals surface area contributed by atoms with E-state index in [0.717, 1.165) is 6.42 Å². The highest BCUT2D eigenvalue weighted by Gasteiger charge is 2.27. The van der Waals surface area contributed by atoms with Gasteiger partial charge in [0.2, 0.25) is 0 Å². The summed E-state index contributed by atoms with van der Waals surface area (Å²) >= 11 is 1.29. The van der Waals surface area contributed by atoms with Crippen LogP contribution in [0.3, 0.4) is 0 Å². The van der Waals surface area contributed by atoms with Gasteiger partial charge in [-0.25, -0.2) is 4.79 Å². The summed E-state index contributed by atoms with van der Waals surface area (Å²) in [6.45, 7) is 7.47. The van der Waals surface area contributed by atoms with Gasteiger partial charge in [0.05, 0.1) is 4.88 Å². The number of esters is 1. The van der Waals surface area contributed by atoms with Crippen LogP contribution in [0.15, 0.2) is 41.8 Å². The number of hydrogen-bond acceptors (Lipinski definition) is 5. The number of rotatable bonds is 9. The van der Waals surface area contributed by atoms with E-state index in [1.807, 2.05) is 24.3 Å². The van der Waals surface area contributed by atoms with Crippen molar-refractivity contribution in [2.45, 2.75) is 46.1 Å². The molecule has 0 aliphatic carbocycles. The van der Waals surface area contributed by atoms with Gasteiger partial charge in [0.1, 0.15) is 6.04 Å². The normalized spacial score (nSPS) is 12.9. The zero-order valence-corrected chi connectivity index (χ0v) is 18.0. The molecule has 2 amide bonds. The van der Waals surface area contributed by atoms with Crippen molar-refractivity contribution in [2.75, 3.05) is 11.9 Å². The van der Waals surface area contributed by atoms with Crippen LogP contribution >= 0.6 is 11.3 Å². The van der Waals surface area contributed by atoms with Gasteiger partial charge in [-0.3, -0.25) is 9.59 Å². The first kappa shape index (κ1) is 22.6. The van der Waals surface area contributed by atoms with Crippen LogP contribution in [0.4, 0.5) is 5.69 Å². The number of carbonyl (C=O) groups excluding carboxylic acids is 3. The maximum Gasteiger partial charge on any atom is 0.329 e. The third-order valence-corrected chi connectivity index (χ3v) is 5.54. The fourth-order valence-corrected chi connectivity index (χ4v) is 3.30. The fourth-order valence-electron chi connectivity index (χ4n) is 2.67. The summed E-state index contributed by atoms with van der Waals surface area (Å²) in [6.07, 6.45) is 1.04. The van der Waals surface area contributed by atoms with E-state index < -0.39 is 24.5 Å². The maximum atomic E-state index is 12.4. The topological polar surface area (TPSA) is 84.5 Å². The first-order valence-electron chi connectivity index (χ1n) is 9.72. The molecule has 0 bridgehead atoms. The Kier molecular flexibility index (Phi) is 8.39. The van der Waals surface area contributed by atoms with Crippen molar-refractivity contribution in [1.82, 2.24) is 5.32 Å². The molecule has 1 aromatic heterocycles. The predicted octanol–water partition coefficient (Wildman–Crippen LogP) is 4.20. The number of benzene rings is 1. The Hall–Kier alpha value is -2.67. The summed E-state index contributed by atoms with van der Waals surface area (Å²) in [6, 6.07) is 10.2. The molecule has 0 saturated heterocycles. The lowest BCUT2D eigenvalue weighted by molar-refractivity contribution is -0.150. The van der Waals surface area contributed by atoms with E-state index in [0.29, 0.717) is 16.5 Å². The van der Waals surface area contributed by atoms with Gasteiger partial charge < -0.3 is 15.4 Å². The van der Waals surface area contributed by atoms with Crippen LogP contribution in [0.5, 0.6) is 0 Å². The highest BCUT2D eigenvalue weighted by atomic mass is 32.1. The molecule has 1 heterocycles. The highest BCUT2D eigenvalue weighted by molar-refractivity contribution is 7.12. The first-order valence-corrected chi connectivity index (χ1v) is 10.6. The van der Waals surface area contributed by atoms with Crippen LogP contribution in [0.2, 0.25) is 0 Å². The Labute approximate surface area is 175 Å². The smallest absolute Gasteiger partial charge is 0.329 e. The van der Waals surface area contributed by atoms with E-state index in [-0.39, 0.29) is 11.8 Å². The number of thiophene rings is 1. The van der Waals surface area contributed by atoms with Crippen molar-refractivity contribution in [3.05, 3.63) is 52.2 Å². The third kappa shape index (κ3) is 6.71. The molecular weight excluding hydrogens is 388 g/mol. The number of carbonyl (C=O) groups is 3. The van der Waals surface area contributed by atoms with E-state index in [1.54, 1.807) is 31.4 Å². The van der Waals surface area contributed by atoms with Crippen molar-refractivity contribution in [3.63, 3.8) is 0 Å². The Morgan fingerprint density at radius 2 is 1.76 bits per heavy atom. The van der Waals surface area contributed by atoms with Crippen LogP contribution in [0.1, 0.15) is 55.3 Å². The number of hydrogen-bond donors (Lipinski definition) is 2. The standard InChI is InChI=1S/C22H28N2O4S/c1-5-15(4)16-8-10-17(11-9-16)23-19(25)13-28-22(27)20(14(2)3)24-21(26)18-7-6-12-29-18/h6-12,14-15,20H,5,13H2,1-4H3,(H,23,25)(H,24,26)/t15-,20-/m0/s1. The Bertz CT molecular complexity index is 816. The second kappa shape index (κ2) is 10.8. The van der Waals surface area contributed by atoms with Crippen molar-refractivity contribution >= 4 is 34.8 Å². The maximum absolute atomic E-state index is 12.4. The minimum absolute atomic E-state index is 0.178. The molecule has 156 valence electrons. The molecule has 2 rings (SSSR count). The van der Waals surface area contributed by atoms with E-state index in [9.17, 15) is 14.4 Å². The number of ether oxygens (including phenoxy) is 1. The number of anilines is 1. The van der Waals surface area contributed by atoms with Crippen LogP contribution in [-0.4, -0.2) is 30.4 Å². The van der Waals surface area contributed by atoms with Gasteiger partial charge in [-0.2, -0.15) is 0 Å². The Morgan fingerprint density at radius 1 is 1.07 bits per heavy atom. The first-order chi connectivity index (χ1) is 13.8. The molecule has 29 heavy (non-hydrogen) atoms. The molecule has 0 spiro atoms. The van der Waals surface area contributed by atoms with E-state index in [2.05, 4.69) is 24.5 Å². The lowest BCUT2D eigenvalue weighted by Gasteiger charge is -2.20. The van der Waals surface area contributed by atoms with Gasteiger partial charge >= 0.3 is 5.97 Å². The molecule has 7 heteroatoms. The average Bonchev–Trinajstić information content (AvgIpc) is 3.24. The molecule has 6 nitrogen and oxygen atoms in total. The average molecular weight is 417 g/mol. The lowest BCUT2D eigenvalue weighted by atomic mass is 9.99. The molecule has 1 aromatic carbocycles. The van der Waals surface area contributed by atoms with Crippen LogP contribution in [0, 0.1) is 5.92 Å². The summed E-state index contributed by atoms with van der Waals surface area (Å²) < 4.78 is 5.13. The zero-order chi connectivity index (χ0) is 21.4. The van der Waals surface area contributed by atoms with Crippen LogP contribution < -0.4 is 10.6 Å². The summed E-state index contributed by atoms with van der Waals surface area (Å²) in [4.78, 5) is 37.2. The van der Waals surface area contributed by atoms with Gasteiger partial charge in [0.15, 0.2) is 6.61 Å². The van der Waals surface area contributed by atoms with Crippen molar-refractivity contribution in [3.8, 4) is 0 Å². The molecular formula is C22H28N2O4S. The second-order valence-electron chi connectivity index (χ2n) is 7.26. The van der Waals surface area contributed by atoms with E-state index in [4.69, 9.17) is 4.74 Å². The fraction of sp³-hybridized carbons (Fsp3) is 0.409. The summed E-state index contributed by atoms with van der Waals surface area (Å²) in [5.41, 5.74) is 1.85. The van der Waals surface area contributed by atoms with E-state index in [1.165, 1.54) is 16.9 Å². The zero-order valence-electron chi connectivity index (χ0n) is 17.2. The summed E-state index contributed by atoms with van der Waals surface area (Å²) in [5, 5.41) is 7.18. The molecule has 2 atom stereocenters. The molecule has 2 aromatic rings. The van der Waals surface area contributed by atoms with Gasteiger partial charge in [-0.05, 0) is 47.4 Å². The molecule has 0 unspecified atom stereocenters. The number of nitrogens with one attached hydrogen (secondary N) is 2. The minimum Gasteiger partial charge on any atom is -0.454 e. The molecule has 2 N–H and O–H groups in total. The SMILES string of the molecule is CC[C@H](C)c1ccc(NC(=O)COC(=O)[C@@H](NC(=O)c2cccs2)C(C)C)cc1. The van der Waals surface area contributed by atoms with Gasteiger partial charge in [-0.1, -0.05) is 45.9 Å². The van der Waals surface area contributed by atoms with Crippen LogP contribution in [0.25, 0.3) is 0 Å². The summed E-state index contributed by atoms with van der Waals surface area (Å²) in [5.74, 6) is -1.11. The van der Waals surface area contributed by atoms with Gasteiger partial charge in [0, 0.05) is 5.69 Å². The van der Waals surface area contributed by atoms with Crippen molar-refractivity contribution in [1.29, 1.82) is 0 Å². The molecule has 0 radical (unpaired) electrons. The van der Waals surface area contributed by atoms with Gasteiger partial charge in [0.25, 0.3) is 11.8 Å². The van der Waals surface area contributed by atoms with Crippen LogP contribution in [-0.2, 0) is 14.3 Å². The molecule has 0 aliphatic rings. The highest BCUT2D eigenvalue weighted by Crippen LogP contribution is 2.20. The monoisotopic (exact) mass is 416 g/mol. The third-order valence-electron chi connectivity index (χ3n) is 4.67. The predicted molar refractivity (Wildman–Crippen MR) is 115 cm³/mol.